The highest BCUT2D eigenvalue weighted by Gasteiger charge is 2.33. The summed E-state index contributed by atoms with van der Waals surface area (Å²) in [7, 11) is -4.38. The molecule has 0 spiro atoms. The summed E-state index contributed by atoms with van der Waals surface area (Å²) in [5, 5.41) is 19.3. The van der Waals surface area contributed by atoms with E-state index in [1.54, 1.807) is 0 Å². The lowest BCUT2D eigenvalue weighted by atomic mass is 10.0. The number of halogens is 2. The lowest BCUT2D eigenvalue weighted by Gasteiger charge is -2.31. The van der Waals surface area contributed by atoms with Gasteiger partial charge in [-0.15, -0.1) is 0 Å². The molecule has 9 heteroatoms. The van der Waals surface area contributed by atoms with E-state index in [9.17, 15) is 27.1 Å². The molecule has 0 aliphatic carbocycles. The standard InChI is InChI=1S/C17H15F2NO5S/c1-9-5-11(17(22)23)16(21)15(6-9)26(24,25)20-4-2-3-10-7-12(18)13(19)8-14(10)20/h5-8,21H,2-4H2,1H3,(H,22,23). The van der Waals surface area contributed by atoms with Crippen LogP contribution in [0.5, 0.6) is 5.75 Å². The van der Waals surface area contributed by atoms with Crippen molar-refractivity contribution in [1.29, 1.82) is 0 Å². The van der Waals surface area contributed by atoms with Crippen LogP contribution in [0.15, 0.2) is 29.2 Å². The molecule has 0 atom stereocenters. The molecule has 2 aromatic rings. The molecule has 2 N–H and O–H groups in total. The molecular formula is C17H15F2NO5S. The molecule has 26 heavy (non-hydrogen) atoms. The van der Waals surface area contributed by atoms with Crippen molar-refractivity contribution in [3.05, 3.63) is 52.6 Å². The van der Waals surface area contributed by atoms with Crippen LogP contribution in [-0.4, -0.2) is 31.1 Å². The topological polar surface area (TPSA) is 94.9 Å². The maximum atomic E-state index is 13.7. The number of hydrogen-bond donors (Lipinski definition) is 2. The van der Waals surface area contributed by atoms with Crippen LogP contribution in [0.3, 0.4) is 0 Å². The number of fused-ring (bicyclic) bond motifs is 1. The average molecular weight is 383 g/mol. The summed E-state index contributed by atoms with van der Waals surface area (Å²) < 4.78 is 54.1. The molecule has 0 fully saturated rings. The Morgan fingerprint density at radius 3 is 2.46 bits per heavy atom. The third-order valence-electron chi connectivity index (χ3n) is 4.22. The van der Waals surface area contributed by atoms with Crippen LogP contribution in [0, 0.1) is 18.6 Å². The third kappa shape index (κ3) is 2.88. The van der Waals surface area contributed by atoms with Gasteiger partial charge in [0.1, 0.15) is 10.5 Å². The van der Waals surface area contributed by atoms with E-state index in [0.717, 1.165) is 28.6 Å². The Balaban J connectivity index is 2.20. The van der Waals surface area contributed by atoms with Gasteiger partial charge >= 0.3 is 5.97 Å². The summed E-state index contributed by atoms with van der Waals surface area (Å²) in [4.78, 5) is 10.7. The first-order chi connectivity index (χ1) is 12.1. The second-order valence-electron chi connectivity index (χ2n) is 6.04. The Morgan fingerprint density at radius 2 is 1.81 bits per heavy atom. The van der Waals surface area contributed by atoms with Gasteiger partial charge in [-0.1, -0.05) is 0 Å². The van der Waals surface area contributed by atoms with Crippen LogP contribution in [0.2, 0.25) is 0 Å². The van der Waals surface area contributed by atoms with E-state index in [1.165, 1.54) is 6.92 Å². The number of carboxylic acids is 1. The van der Waals surface area contributed by atoms with Crippen LogP contribution in [-0.2, 0) is 16.4 Å². The zero-order chi connectivity index (χ0) is 19.2. The molecule has 0 saturated carbocycles. The SMILES string of the molecule is Cc1cc(C(=O)O)c(O)c(S(=O)(=O)N2CCCc3cc(F)c(F)cc32)c1. The van der Waals surface area contributed by atoms with Gasteiger partial charge in [-0.2, -0.15) is 0 Å². The molecule has 138 valence electrons. The number of carbonyl (C=O) groups is 1. The van der Waals surface area contributed by atoms with Gasteiger partial charge in [0.25, 0.3) is 10.0 Å². The molecule has 0 bridgehead atoms. The van der Waals surface area contributed by atoms with Gasteiger partial charge in [0.15, 0.2) is 17.4 Å². The molecule has 0 aromatic heterocycles. The second-order valence-corrected chi connectivity index (χ2v) is 7.87. The lowest BCUT2D eigenvalue weighted by molar-refractivity contribution is 0.0693. The highest BCUT2D eigenvalue weighted by atomic mass is 32.2. The van der Waals surface area contributed by atoms with Crippen molar-refractivity contribution >= 4 is 21.7 Å². The Bertz CT molecular complexity index is 1020. The Labute approximate surface area is 148 Å². The number of aromatic hydroxyl groups is 1. The molecule has 0 unspecified atom stereocenters. The van der Waals surface area contributed by atoms with Gasteiger partial charge in [-0.25, -0.2) is 22.0 Å². The fraction of sp³-hybridized carbons (Fsp3) is 0.235. The van der Waals surface area contributed by atoms with Crippen molar-refractivity contribution in [3.63, 3.8) is 0 Å². The first-order valence-corrected chi connectivity index (χ1v) is 9.14. The van der Waals surface area contributed by atoms with Gasteiger partial charge in [0.05, 0.1) is 5.69 Å². The zero-order valence-electron chi connectivity index (χ0n) is 13.7. The van der Waals surface area contributed by atoms with Gasteiger partial charge in [-0.05, 0) is 49.1 Å². The second kappa shape index (κ2) is 6.24. The van der Waals surface area contributed by atoms with Crippen molar-refractivity contribution in [1.82, 2.24) is 0 Å². The smallest absolute Gasteiger partial charge is 0.339 e. The third-order valence-corrected chi connectivity index (χ3v) is 6.04. The van der Waals surface area contributed by atoms with Crippen molar-refractivity contribution in [2.45, 2.75) is 24.7 Å². The van der Waals surface area contributed by atoms with E-state index in [2.05, 4.69) is 0 Å². The van der Waals surface area contributed by atoms with Crippen LogP contribution in [0.1, 0.15) is 27.9 Å². The molecule has 0 radical (unpaired) electrons. The number of aromatic carboxylic acids is 1. The van der Waals surface area contributed by atoms with Crippen LogP contribution < -0.4 is 4.31 Å². The average Bonchev–Trinajstić information content (AvgIpc) is 2.56. The van der Waals surface area contributed by atoms with Crippen molar-refractivity contribution < 1.29 is 32.2 Å². The van der Waals surface area contributed by atoms with E-state index in [1.807, 2.05) is 0 Å². The fourth-order valence-corrected chi connectivity index (χ4v) is 4.74. The number of sulfonamides is 1. The predicted octanol–water partition coefficient (Wildman–Crippen LogP) is 2.82. The molecule has 0 saturated heterocycles. The minimum Gasteiger partial charge on any atom is -0.506 e. The molecule has 1 heterocycles. The first kappa shape index (κ1) is 18.1. The van der Waals surface area contributed by atoms with Crippen LogP contribution >= 0.6 is 0 Å². The summed E-state index contributed by atoms with van der Waals surface area (Å²) in [6.45, 7) is 1.49. The highest BCUT2D eigenvalue weighted by molar-refractivity contribution is 7.93. The zero-order valence-corrected chi connectivity index (χ0v) is 14.5. The maximum absolute atomic E-state index is 13.7. The largest absolute Gasteiger partial charge is 0.506 e. The number of carboxylic acid groups (broad SMARTS) is 1. The van der Waals surface area contributed by atoms with E-state index >= 15 is 0 Å². The quantitative estimate of drug-likeness (QED) is 0.850. The first-order valence-electron chi connectivity index (χ1n) is 7.70. The molecule has 3 rings (SSSR count). The number of benzene rings is 2. The highest BCUT2D eigenvalue weighted by Crippen LogP contribution is 2.37. The van der Waals surface area contributed by atoms with Crippen molar-refractivity contribution in [2.75, 3.05) is 10.8 Å². The molecule has 0 amide bonds. The van der Waals surface area contributed by atoms with Crippen LogP contribution in [0.4, 0.5) is 14.5 Å². The molecular weight excluding hydrogens is 368 g/mol. The molecule has 1 aliphatic heterocycles. The monoisotopic (exact) mass is 383 g/mol. The summed E-state index contributed by atoms with van der Waals surface area (Å²) >= 11 is 0. The number of hydrogen-bond acceptors (Lipinski definition) is 4. The number of nitrogens with zero attached hydrogens (tertiary/aromatic N) is 1. The molecule has 1 aliphatic rings. The van der Waals surface area contributed by atoms with Gasteiger partial charge in [0.2, 0.25) is 0 Å². The normalized spacial score (nSPS) is 14.2. The minimum absolute atomic E-state index is 0.00378. The van der Waals surface area contributed by atoms with E-state index < -0.39 is 43.8 Å². The van der Waals surface area contributed by atoms with Crippen LogP contribution in [0.25, 0.3) is 0 Å². The predicted molar refractivity (Wildman–Crippen MR) is 89.0 cm³/mol. The van der Waals surface area contributed by atoms with E-state index in [4.69, 9.17) is 5.11 Å². The van der Waals surface area contributed by atoms with Crippen molar-refractivity contribution in [3.8, 4) is 5.75 Å². The summed E-state index contributed by atoms with van der Waals surface area (Å²) in [6, 6.07) is 4.04. The Kier molecular flexibility index (Phi) is 4.35. The number of phenols is 1. The maximum Gasteiger partial charge on any atom is 0.339 e. The Hall–Kier alpha value is -2.68. The number of aryl methyl sites for hydroxylation is 2. The molecule has 2 aromatic carbocycles. The van der Waals surface area contributed by atoms with Crippen molar-refractivity contribution in [2.24, 2.45) is 0 Å². The van der Waals surface area contributed by atoms with Gasteiger partial charge in [0, 0.05) is 12.6 Å². The minimum atomic E-state index is -4.38. The van der Waals surface area contributed by atoms with E-state index in [-0.39, 0.29) is 12.2 Å². The number of rotatable bonds is 3. The van der Waals surface area contributed by atoms with Gasteiger partial charge in [-0.3, -0.25) is 4.31 Å². The lowest BCUT2D eigenvalue weighted by Crippen LogP contribution is -2.36. The summed E-state index contributed by atoms with van der Waals surface area (Å²) in [5.74, 6) is -4.63. The fourth-order valence-electron chi connectivity index (χ4n) is 3.02. The van der Waals surface area contributed by atoms with E-state index in [0.29, 0.717) is 24.0 Å². The molecule has 6 nitrogen and oxygen atoms in total. The van der Waals surface area contributed by atoms with Gasteiger partial charge < -0.3 is 10.2 Å². The summed E-state index contributed by atoms with van der Waals surface area (Å²) in [5.41, 5.74) is 0.0737. The summed E-state index contributed by atoms with van der Waals surface area (Å²) in [6.07, 6.45) is 0.744. The number of anilines is 1. The Morgan fingerprint density at radius 1 is 1.15 bits per heavy atom.